The maximum absolute atomic E-state index is 13.3. The minimum atomic E-state index is -0.332. The van der Waals surface area contributed by atoms with Crippen LogP contribution in [0, 0.1) is 11.8 Å². The molecule has 0 unspecified atom stereocenters. The lowest BCUT2D eigenvalue weighted by atomic mass is 9.89. The number of nitrogens with one attached hydrogen (secondary N) is 3. The number of nitrogens with zero attached hydrogens (tertiary/aromatic N) is 1. The minimum Gasteiger partial charge on any atom is -0.371 e. The van der Waals surface area contributed by atoms with Gasteiger partial charge in [0.05, 0.1) is 5.56 Å². The van der Waals surface area contributed by atoms with Crippen molar-refractivity contribution in [2.75, 3.05) is 35.2 Å². The Balaban J connectivity index is 1.46. The Morgan fingerprint density at radius 1 is 0.868 bits per heavy atom. The molecule has 1 saturated heterocycles. The summed E-state index contributed by atoms with van der Waals surface area (Å²) >= 11 is 0. The number of hydrogen-bond donors (Lipinski definition) is 3. The van der Waals surface area contributed by atoms with Crippen molar-refractivity contribution < 1.29 is 9.59 Å². The number of piperidine rings is 1. The summed E-state index contributed by atoms with van der Waals surface area (Å²) < 4.78 is 0. The van der Waals surface area contributed by atoms with Crippen LogP contribution in [0.3, 0.4) is 0 Å². The number of urea groups is 1. The Bertz CT molecular complexity index is 1220. The predicted octanol–water partition coefficient (Wildman–Crippen LogP) is 6.74. The minimum absolute atomic E-state index is 0.111. The molecule has 1 heterocycles. The average Bonchev–Trinajstić information content (AvgIpc) is 2.93. The SMILES string of the molecule is CCc1cccc(NC(=O)Nc2ccc(N3CCC(Cc4ccccc4)CC3)c(C(=O)NCC(C)C)c2)c1. The predicted molar refractivity (Wildman–Crippen MR) is 157 cm³/mol. The number of amides is 3. The number of hydrogen-bond acceptors (Lipinski definition) is 3. The zero-order valence-corrected chi connectivity index (χ0v) is 22.8. The molecule has 3 aromatic carbocycles. The third-order valence-electron chi connectivity index (χ3n) is 7.09. The van der Waals surface area contributed by atoms with Crippen LogP contribution in [0.2, 0.25) is 0 Å². The highest BCUT2D eigenvalue weighted by molar-refractivity contribution is 6.04. The van der Waals surface area contributed by atoms with E-state index in [1.165, 1.54) is 5.56 Å². The molecule has 38 heavy (non-hydrogen) atoms. The van der Waals surface area contributed by atoms with E-state index in [1.807, 2.05) is 36.4 Å². The van der Waals surface area contributed by atoms with Crippen molar-refractivity contribution >= 4 is 29.0 Å². The lowest BCUT2D eigenvalue weighted by Crippen LogP contribution is -2.36. The normalized spacial score (nSPS) is 13.8. The van der Waals surface area contributed by atoms with Crippen LogP contribution in [0.25, 0.3) is 0 Å². The number of rotatable bonds is 9. The van der Waals surface area contributed by atoms with Gasteiger partial charge in [0.2, 0.25) is 0 Å². The maximum Gasteiger partial charge on any atom is 0.323 e. The molecule has 0 bridgehead atoms. The van der Waals surface area contributed by atoms with Gasteiger partial charge in [0.15, 0.2) is 0 Å². The lowest BCUT2D eigenvalue weighted by Gasteiger charge is -2.35. The van der Waals surface area contributed by atoms with Crippen molar-refractivity contribution in [1.29, 1.82) is 0 Å². The van der Waals surface area contributed by atoms with Crippen molar-refractivity contribution in [3.8, 4) is 0 Å². The fraction of sp³-hybridized carbons (Fsp3) is 0.375. The van der Waals surface area contributed by atoms with E-state index >= 15 is 0 Å². The van der Waals surface area contributed by atoms with E-state index < -0.39 is 0 Å². The first-order valence-electron chi connectivity index (χ1n) is 13.8. The molecular formula is C32H40N4O2. The van der Waals surface area contributed by atoms with Crippen molar-refractivity contribution in [3.63, 3.8) is 0 Å². The van der Waals surface area contributed by atoms with E-state index in [9.17, 15) is 9.59 Å². The van der Waals surface area contributed by atoms with Crippen molar-refractivity contribution in [1.82, 2.24) is 5.32 Å². The first kappa shape index (κ1) is 27.2. The highest BCUT2D eigenvalue weighted by atomic mass is 16.2. The van der Waals surface area contributed by atoms with Gasteiger partial charge in [-0.3, -0.25) is 4.79 Å². The first-order valence-corrected chi connectivity index (χ1v) is 13.8. The second-order valence-electron chi connectivity index (χ2n) is 10.6. The third-order valence-corrected chi connectivity index (χ3v) is 7.09. The van der Waals surface area contributed by atoms with Gasteiger partial charge in [-0.1, -0.05) is 63.2 Å². The molecule has 1 aliphatic rings. The largest absolute Gasteiger partial charge is 0.371 e. The molecule has 0 saturated carbocycles. The molecule has 3 amide bonds. The molecule has 6 heteroatoms. The number of aryl methyl sites for hydroxylation is 1. The van der Waals surface area contributed by atoms with E-state index in [0.29, 0.717) is 29.6 Å². The standard InChI is InChI=1S/C32H40N4O2/c1-4-24-11-8-12-27(20-24)34-32(38)35-28-13-14-30(29(21-28)31(37)33-22-23(2)3)36-17-15-26(16-18-36)19-25-9-6-5-7-10-25/h5-14,20-21,23,26H,4,15-19,22H2,1-3H3,(H,33,37)(H2,34,35,38). The molecule has 4 rings (SSSR count). The Morgan fingerprint density at radius 3 is 2.24 bits per heavy atom. The molecule has 0 spiro atoms. The van der Waals surface area contributed by atoms with Crippen LogP contribution in [0.5, 0.6) is 0 Å². The molecule has 1 aliphatic heterocycles. The van der Waals surface area contributed by atoms with Crippen molar-refractivity contribution in [2.24, 2.45) is 11.8 Å². The summed E-state index contributed by atoms with van der Waals surface area (Å²) in [6, 6.07) is 23.8. The summed E-state index contributed by atoms with van der Waals surface area (Å²) in [6.07, 6.45) is 4.16. The van der Waals surface area contributed by atoms with Gasteiger partial charge in [-0.25, -0.2) is 4.79 Å². The van der Waals surface area contributed by atoms with Gasteiger partial charge in [0.25, 0.3) is 5.91 Å². The Labute approximate surface area is 226 Å². The summed E-state index contributed by atoms with van der Waals surface area (Å²) in [6.45, 7) is 8.65. The van der Waals surface area contributed by atoms with Gasteiger partial charge in [0.1, 0.15) is 0 Å². The summed E-state index contributed by atoms with van der Waals surface area (Å²) in [4.78, 5) is 28.3. The average molecular weight is 513 g/mol. The fourth-order valence-corrected chi connectivity index (χ4v) is 4.95. The topological polar surface area (TPSA) is 73.5 Å². The van der Waals surface area contributed by atoms with Crippen LogP contribution < -0.4 is 20.9 Å². The fourth-order valence-electron chi connectivity index (χ4n) is 4.95. The van der Waals surface area contributed by atoms with E-state index in [0.717, 1.165) is 55.7 Å². The monoisotopic (exact) mass is 512 g/mol. The molecule has 0 atom stereocenters. The molecule has 3 aromatic rings. The highest BCUT2D eigenvalue weighted by Gasteiger charge is 2.24. The van der Waals surface area contributed by atoms with E-state index in [4.69, 9.17) is 0 Å². The zero-order valence-electron chi connectivity index (χ0n) is 22.8. The molecule has 6 nitrogen and oxygen atoms in total. The van der Waals surface area contributed by atoms with E-state index in [1.54, 1.807) is 6.07 Å². The Kier molecular flexibility index (Phi) is 9.41. The van der Waals surface area contributed by atoms with Gasteiger partial charge in [-0.05, 0) is 79.0 Å². The summed E-state index contributed by atoms with van der Waals surface area (Å²) in [5.41, 5.74) is 5.39. The van der Waals surface area contributed by atoms with E-state index in [2.05, 4.69) is 72.0 Å². The molecule has 1 fully saturated rings. The molecule has 0 aliphatic carbocycles. The molecule has 0 aromatic heterocycles. The quantitative estimate of drug-likeness (QED) is 0.297. The van der Waals surface area contributed by atoms with Crippen LogP contribution in [0.1, 0.15) is 55.1 Å². The summed E-state index contributed by atoms with van der Waals surface area (Å²) in [5, 5.41) is 8.86. The van der Waals surface area contributed by atoms with Gasteiger partial charge >= 0.3 is 6.03 Å². The van der Waals surface area contributed by atoms with Crippen molar-refractivity contribution in [2.45, 2.75) is 46.5 Å². The number of carbonyl (C=O) groups excluding carboxylic acids is 2. The number of benzene rings is 3. The third kappa shape index (κ3) is 7.60. The zero-order chi connectivity index (χ0) is 26.9. The molecule has 0 radical (unpaired) electrons. The van der Waals surface area contributed by atoms with Gasteiger partial charge < -0.3 is 20.9 Å². The maximum atomic E-state index is 13.3. The summed E-state index contributed by atoms with van der Waals surface area (Å²) in [5.74, 6) is 0.879. The van der Waals surface area contributed by atoms with Gasteiger partial charge in [0, 0.05) is 36.7 Å². The summed E-state index contributed by atoms with van der Waals surface area (Å²) in [7, 11) is 0. The van der Waals surface area contributed by atoms with Crippen LogP contribution in [0.15, 0.2) is 72.8 Å². The molecule has 200 valence electrons. The van der Waals surface area contributed by atoms with Crippen LogP contribution in [0.4, 0.5) is 21.9 Å². The molecule has 3 N–H and O–H groups in total. The van der Waals surface area contributed by atoms with Crippen molar-refractivity contribution in [3.05, 3.63) is 89.5 Å². The smallest absolute Gasteiger partial charge is 0.323 e. The Morgan fingerprint density at radius 2 is 1.55 bits per heavy atom. The van der Waals surface area contributed by atoms with Gasteiger partial charge in [-0.15, -0.1) is 0 Å². The van der Waals surface area contributed by atoms with Crippen LogP contribution >= 0.6 is 0 Å². The second kappa shape index (κ2) is 13.1. The number of anilines is 3. The highest BCUT2D eigenvalue weighted by Crippen LogP contribution is 2.30. The van der Waals surface area contributed by atoms with Crippen LogP contribution in [-0.4, -0.2) is 31.6 Å². The first-order chi connectivity index (χ1) is 18.4. The Hall–Kier alpha value is -3.80. The molecular weight excluding hydrogens is 472 g/mol. The van der Waals surface area contributed by atoms with Crippen LogP contribution in [-0.2, 0) is 12.8 Å². The second-order valence-corrected chi connectivity index (χ2v) is 10.6. The van der Waals surface area contributed by atoms with E-state index in [-0.39, 0.29) is 11.9 Å². The lowest BCUT2D eigenvalue weighted by molar-refractivity contribution is 0.0949. The van der Waals surface area contributed by atoms with Gasteiger partial charge in [-0.2, -0.15) is 0 Å². The number of carbonyl (C=O) groups is 2.